The summed E-state index contributed by atoms with van der Waals surface area (Å²) in [6.45, 7) is 9.87. The van der Waals surface area contributed by atoms with E-state index in [0.717, 1.165) is 31.9 Å². The Morgan fingerprint density at radius 1 is 1.16 bits per heavy atom. The van der Waals surface area contributed by atoms with Crippen LogP contribution in [-0.4, -0.2) is 32.1 Å². The number of anilines is 2. The highest BCUT2D eigenvalue weighted by Gasteiger charge is 2.21. The van der Waals surface area contributed by atoms with Crippen molar-refractivity contribution in [2.24, 2.45) is 5.41 Å². The van der Waals surface area contributed by atoms with Gasteiger partial charge in [0.2, 0.25) is 5.91 Å². The van der Waals surface area contributed by atoms with E-state index in [1.165, 1.54) is 5.69 Å². The fourth-order valence-electron chi connectivity index (χ4n) is 2.00. The highest BCUT2D eigenvalue weighted by molar-refractivity contribution is 5.94. The Balaban J connectivity index is 2.00. The first-order valence-electron chi connectivity index (χ1n) is 6.84. The Morgan fingerprint density at radius 2 is 1.74 bits per heavy atom. The zero-order chi connectivity index (χ0) is 13.9. The van der Waals surface area contributed by atoms with Gasteiger partial charge in [-0.3, -0.25) is 4.79 Å². The molecule has 4 nitrogen and oxygen atoms in total. The van der Waals surface area contributed by atoms with Crippen molar-refractivity contribution >= 4 is 17.3 Å². The van der Waals surface area contributed by atoms with Gasteiger partial charge in [0.05, 0.1) is 0 Å². The van der Waals surface area contributed by atoms with Crippen LogP contribution in [0.4, 0.5) is 11.4 Å². The van der Waals surface area contributed by atoms with Crippen molar-refractivity contribution in [3.63, 3.8) is 0 Å². The summed E-state index contributed by atoms with van der Waals surface area (Å²) in [6.07, 6.45) is 0. The number of nitrogens with one attached hydrogen (secondary N) is 2. The maximum absolute atomic E-state index is 11.9. The number of hydrogen-bond donors (Lipinski definition) is 2. The van der Waals surface area contributed by atoms with Gasteiger partial charge in [0.25, 0.3) is 0 Å². The number of rotatable bonds is 2. The van der Waals surface area contributed by atoms with Crippen LogP contribution in [0.15, 0.2) is 24.3 Å². The molecule has 0 bridgehead atoms. The first-order valence-corrected chi connectivity index (χ1v) is 6.84. The average Bonchev–Trinajstić information content (AvgIpc) is 2.39. The van der Waals surface area contributed by atoms with Crippen molar-refractivity contribution in [3.8, 4) is 0 Å². The fraction of sp³-hybridized carbons (Fsp3) is 0.533. The van der Waals surface area contributed by atoms with E-state index in [0.29, 0.717) is 0 Å². The molecule has 0 saturated carbocycles. The van der Waals surface area contributed by atoms with Crippen molar-refractivity contribution in [1.29, 1.82) is 0 Å². The lowest BCUT2D eigenvalue weighted by Gasteiger charge is -2.29. The summed E-state index contributed by atoms with van der Waals surface area (Å²) >= 11 is 0. The molecule has 0 radical (unpaired) electrons. The van der Waals surface area contributed by atoms with Crippen LogP contribution in [0.25, 0.3) is 0 Å². The maximum Gasteiger partial charge on any atom is 0.229 e. The van der Waals surface area contributed by atoms with Crippen LogP contribution in [0, 0.1) is 5.41 Å². The molecule has 1 heterocycles. The Hall–Kier alpha value is -1.55. The van der Waals surface area contributed by atoms with Crippen LogP contribution in [0.2, 0.25) is 0 Å². The lowest BCUT2D eigenvalue weighted by molar-refractivity contribution is -0.123. The van der Waals surface area contributed by atoms with Gasteiger partial charge in [0, 0.05) is 43.0 Å². The predicted molar refractivity (Wildman–Crippen MR) is 79.6 cm³/mol. The normalized spacial score (nSPS) is 16.3. The number of carbonyl (C=O) groups is 1. The van der Waals surface area contributed by atoms with E-state index in [4.69, 9.17) is 0 Å². The van der Waals surface area contributed by atoms with Gasteiger partial charge in [-0.15, -0.1) is 0 Å². The third-order valence-corrected chi connectivity index (χ3v) is 3.29. The summed E-state index contributed by atoms with van der Waals surface area (Å²) in [6, 6.07) is 8.09. The summed E-state index contributed by atoms with van der Waals surface area (Å²) in [4.78, 5) is 14.2. The molecule has 2 N–H and O–H groups in total. The Bertz CT molecular complexity index is 428. The molecule has 4 heteroatoms. The predicted octanol–water partition coefficient (Wildman–Crippen LogP) is 2.08. The van der Waals surface area contributed by atoms with Crippen LogP contribution in [-0.2, 0) is 4.79 Å². The Kier molecular flexibility index (Phi) is 4.10. The second-order valence-corrected chi connectivity index (χ2v) is 5.99. The van der Waals surface area contributed by atoms with Crippen LogP contribution in [0.3, 0.4) is 0 Å². The number of piperazine rings is 1. The molecule has 0 spiro atoms. The van der Waals surface area contributed by atoms with Crippen LogP contribution >= 0.6 is 0 Å². The lowest BCUT2D eigenvalue weighted by Crippen LogP contribution is -2.43. The molecule has 0 aromatic heterocycles. The van der Waals surface area contributed by atoms with Gasteiger partial charge in [-0.25, -0.2) is 0 Å². The van der Waals surface area contributed by atoms with Gasteiger partial charge < -0.3 is 15.5 Å². The summed E-state index contributed by atoms with van der Waals surface area (Å²) in [7, 11) is 0. The topological polar surface area (TPSA) is 44.4 Å². The first-order chi connectivity index (χ1) is 8.97. The standard InChI is InChI=1S/C15H23N3O/c1-15(2,3)14(19)17-12-4-6-13(7-5-12)18-10-8-16-9-11-18/h4-7,16H,8-11H2,1-3H3,(H,17,19). The van der Waals surface area contributed by atoms with E-state index < -0.39 is 0 Å². The fourth-order valence-corrected chi connectivity index (χ4v) is 2.00. The molecule has 2 rings (SSSR count). The van der Waals surface area contributed by atoms with Crippen molar-refractivity contribution < 1.29 is 4.79 Å². The van der Waals surface area contributed by atoms with Crippen molar-refractivity contribution in [2.75, 3.05) is 36.4 Å². The minimum Gasteiger partial charge on any atom is -0.369 e. The molecule has 0 aliphatic carbocycles. The Labute approximate surface area is 115 Å². The van der Waals surface area contributed by atoms with E-state index in [9.17, 15) is 4.79 Å². The molecule has 104 valence electrons. The molecule has 1 aromatic carbocycles. The summed E-state index contributed by atoms with van der Waals surface area (Å²) in [5.41, 5.74) is 1.71. The van der Waals surface area contributed by atoms with Crippen molar-refractivity contribution in [2.45, 2.75) is 20.8 Å². The SMILES string of the molecule is CC(C)(C)C(=O)Nc1ccc(N2CCNCC2)cc1. The van der Waals surface area contributed by atoms with E-state index in [2.05, 4.69) is 27.7 Å². The highest BCUT2D eigenvalue weighted by atomic mass is 16.2. The van der Waals surface area contributed by atoms with Gasteiger partial charge in [-0.1, -0.05) is 20.8 Å². The minimum atomic E-state index is -0.364. The highest BCUT2D eigenvalue weighted by Crippen LogP contribution is 2.21. The number of amides is 1. The minimum absolute atomic E-state index is 0.0439. The van der Waals surface area contributed by atoms with E-state index >= 15 is 0 Å². The summed E-state index contributed by atoms with van der Waals surface area (Å²) in [5, 5.41) is 6.28. The number of carbonyl (C=O) groups excluding carboxylic acids is 1. The first kappa shape index (κ1) is 13.9. The number of benzene rings is 1. The molecule has 1 saturated heterocycles. The molecule has 1 fully saturated rings. The summed E-state index contributed by atoms with van der Waals surface area (Å²) in [5.74, 6) is 0.0439. The second kappa shape index (κ2) is 5.61. The maximum atomic E-state index is 11.9. The molecule has 1 aliphatic heterocycles. The van der Waals surface area contributed by atoms with Gasteiger partial charge in [0.15, 0.2) is 0 Å². The molecule has 1 aromatic rings. The Morgan fingerprint density at radius 3 is 2.26 bits per heavy atom. The molecule has 0 unspecified atom stereocenters. The molecule has 19 heavy (non-hydrogen) atoms. The van der Waals surface area contributed by atoms with Crippen LogP contribution in [0.5, 0.6) is 0 Å². The van der Waals surface area contributed by atoms with E-state index in [-0.39, 0.29) is 11.3 Å². The lowest BCUT2D eigenvalue weighted by atomic mass is 9.95. The third kappa shape index (κ3) is 3.70. The van der Waals surface area contributed by atoms with Gasteiger partial charge in [0.1, 0.15) is 0 Å². The van der Waals surface area contributed by atoms with Gasteiger partial charge >= 0.3 is 0 Å². The molecular formula is C15H23N3O. The molecule has 0 atom stereocenters. The van der Waals surface area contributed by atoms with Gasteiger partial charge in [-0.05, 0) is 24.3 Å². The third-order valence-electron chi connectivity index (χ3n) is 3.29. The monoisotopic (exact) mass is 261 g/mol. The van der Waals surface area contributed by atoms with Gasteiger partial charge in [-0.2, -0.15) is 0 Å². The zero-order valence-corrected chi connectivity index (χ0v) is 12.0. The van der Waals surface area contributed by atoms with E-state index in [1.54, 1.807) is 0 Å². The number of hydrogen-bond acceptors (Lipinski definition) is 3. The average molecular weight is 261 g/mol. The van der Waals surface area contributed by atoms with Crippen LogP contribution in [0.1, 0.15) is 20.8 Å². The largest absolute Gasteiger partial charge is 0.369 e. The zero-order valence-electron chi connectivity index (χ0n) is 12.0. The second-order valence-electron chi connectivity index (χ2n) is 5.99. The molecule has 1 amide bonds. The molecular weight excluding hydrogens is 238 g/mol. The quantitative estimate of drug-likeness (QED) is 0.856. The molecule has 1 aliphatic rings. The summed E-state index contributed by atoms with van der Waals surface area (Å²) < 4.78 is 0. The van der Waals surface area contributed by atoms with E-state index in [1.807, 2.05) is 32.9 Å². The van der Waals surface area contributed by atoms with Crippen molar-refractivity contribution in [1.82, 2.24) is 5.32 Å². The smallest absolute Gasteiger partial charge is 0.229 e. The van der Waals surface area contributed by atoms with Crippen molar-refractivity contribution in [3.05, 3.63) is 24.3 Å². The number of nitrogens with zero attached hydrogens (tertiary/aromatic N) is 1. The van der Waals surface area contributed by atoms with Crippen LogP contribution < -0.4 is 15.5 Å².